The number of methoxy groups -OCH3 is 1. The summed E-state index contributed by atoms with van der Waals surface area (Å²) in [5, 5.41) is 3.05. The average Bonchev–Trinajstić information content (AvgIpc) is 2.78. The summed E-state index contributed by atoms with van der Waals surface area (Å²) in [6, 6.07) is 19.7. The van der Waals surface area contributed by atoms with Gasteiger partial charge >= 0.3 is 5.97 Å². The number of amides is 1. The molecule has 0 spiro atoms. The number of nitrogens with one attached hydrogen (secondary N) is 1. The smallest absolute Gasteiger partial charge is 0.339 e. The van der Waals surface area contributed by atoms with E-state index < -0.39 is 28.8 Å². The minimum Gasteiger partial charge on any atom is -0.495 e. The van der Waals surface area contributed by atoms with Gasteiger partial charge in [-0.3, -0.25) is 9.00 Å². The summed E-state index contributed by atoms with van der Waals surface area (Å²) in [5.41, 5.74) is 1.19. The van der Waals surface area contributed by atoms with Gasteiger partial charge in [-0.2, -0.15) is 0 Å². The van der Waals surface area contributed by atoms with E-state index in [1.807, 2.05) is 0 Å². The van der Waals surface area contributed by atoms with Gasteiger partial charge in [0.2, 0.25) is 6.10 Å². The first-order chi connectivity index (χ1) is 14.9. The van der Waals surface area contributed by atoms with Crippen molar-refractivity contribution in [2.45, 2.75) is 11.0 Å². The van der Waals surface area contributed by atoms with E-state index in [0.717, 1.165) is 0 Å². The molecular formula is C23H20ClNO5S. The van der Waals surface area contributed by atoms with Gasteiger partial charge in [-0.15, -0.1) is 0 Å². The maximum Gasteiger partial charge on any atom is 0.339 e. The van der Waals surface area contributed by atoms with Crippen LogP contribution in [0.5, 0.6) is 5.75 Å². The molecule has 1 amide bonds. The molecule has 0 saturated heterocycles. The maximum atomic E-state index is 13.0. The van der Waals surface area contributed by atoms with Crippen LogP contribution in [-0.2, 0) is 20.3 Å². The number of ether oxygens (including phenoxy) is 2. The molecular weight excluding hydrogens is 438 g/mol. The lowest BCUT2D eigenvalue weighted by Crippen LogP contribution is -2.26. The topological polar surface area (TPSA) is 81.7 Å². The van der Waals surface area contributed by atoms with E-state index in [4.69, 9.17) is 21.1 Å². The van der Waals surface area contributed by atoms with E-state index in [2.05, 4.69) is 5.32 Å². The number of hydrogen-bond acceptors (Lipinski definition) is 5. The molecule has 0 bridgehead atoms. The fraction of sp³-hybridized carbons (Fsp3) is 0.130. The van der Waals surface area contributed by atoms with Crippen LogP contribution in [0.2, 0.25) is 5.02 Å². The highest BCUT2D eigenvalue weighted by atomic mass is 35.5. The van der Waals surface area contributed by atoms with E-state index in [1.54, 1.807) is 66.9 Å². The van der Waals surface area contributed by atoms with Crippen LogP contribution in [0.15, 0.2) is 77.7 Å². The van der Waals surface area contributed by atoms with Gasteiger partial charge in [0.15, 0.2) is 0 Å². The van der Waals surface area contributed by atoms with Crippen LogP contribution < -0.4 is 10.1 Å². The van der Waals surface area contributed by atoms with E-state index in [-0.39, 0.29) is 5.56 Å². The van der Waals surface area contributed by atoms with Gasteiger partial charge in [0.25, 0.3) is 5.91 Å². The van der Waals surface area contributed by atoms with Gasteiger partial charge in [-0.25, -0.2) is 4.79 Å². The maximum absolute atomic E-state index is 13.0. The van der Waals surface area contributed by atoms with Crippen molar-refractivity contribution in [3.8, 4) is 5.75 Å². The summed E-state index contributed by atoms with van der Waals surface area (Å²) in [4.78, 5) is 26.3. The number of carbonyl (C=O) groups excluding carboxylic acids is 2. The monoisotopic (exact) mass is 457 g/mol. The Morgan fingerprint density at radius 2 is 1.68 bits per heavy atom. The molecule has 6 nitrogen and oxygen atoms in total. The van der Waals surface area contributed by atoms with Gasteiger partial charge in [-0.1, -0.05) is 41.9 Å². The van der Waals surface area contributed by atoms with Crippen molar-refractivity contribution in [2.24, 2.45) is 0 Å². The molecule has 0 heterocycles. The second-order valence-electron chi connectivity index (χ2n) is 6.51. The fourth-order valence-corrected chi connectivity index (χ4v) is 3.59. The van der Waals surface area contributed by atoms with Gasteiger partial charge in [0, 0.05) is 33.2 Å². The minimum absolute atomic E-state index is 0.246. The van der Waals surface area contributed by atoms with E-state index in [9.17, 15) is 13.8 Å². The number of rotatable bonds is 7. The molecule has 0 saturated carbocycles. The van der Waals surface area contributed by atoms with Crippen LogP contribution in [0.4, 0.5) is 5.69 Å². The van der Waals surface area contributed by atoms with Crippen molar-refractivity contribution in [1.82, 2.24) is 0 Å². The molecule has 8 heteroatoms. The van der Waals surface area contributed by atoms with Gasteiger partial charge in [0.1, 0.15) is 5.75 Å². The second-order valence-corrected chi connectivity index (χ2v) is 8.30. The molecule has 0 aliphatic rings. The first-order valence-electron chi connectivity index (χ1n) is 9.23. The van der Waals surface area contributed by atoms with Crippen LogP contribution in [0.3, 0.4) is 0 Å². The third kappa shape index (κ3) is 5.71. The normalized spacial score (nSPS) is 12.5. The average molecular weight is 458 g/mol. The van der Waals surface area contributed by atoms with Crippen molar-refractivity contribution >= 4 is 40.0 Å². The highest BCUT2D eigenvalue weighted by Gasteiger charge is 2.26. The molecule has 3 aromatic rings. The lowest BCUT2D eigenvalue weighted by Gasteiger charge is -2.18. The number of carbonyl (C=O) groups is 2. The molecule has 2 atom stereocenters. The highest BCUT2D eigenvalue weighted by molar-refractivity contribution is 7.84. The molecule has 0 aliphatic heterocycles. The van der Waals surface area contributed by atoms with Crippen molar-refractivity contribution in [2.75, 3.05) is 18.7 Å². The molecule has 0 fully saturated rings. The second kappa shape index (κ2) is 10.2. The lowest BCUT2D eigenvalue weighted by atomic mass is 10.1. The molecule has 3 rings (SSSR count). The predicted molar refractivity (Wildman–Crippen MR) is 120 cm³/mol. The Morgan fingerprint density at radius 3 is 2.26 bits per heavy atom. The summed E-state index contributed by atoms with van der Waals surface area (Å²) >= 11 is 6.13. The first kappa shape index (κ1) is 22.5. The van der Waals surface area contributed by atoms with Crippen LogP contribution >= 0.6 is 11.6 Å². The van der Waals surface area contributed by atoms with Gasteiger partial charge < -0.3 is 14.8 Å². The SMILES string of the molecule is COc1ccc(NC(=O)C(OC(=O)c2ccc(S(C)=O)cc2)c2ccccc2)cc1Cl. The quantitative estimate of drug-likeness (QED) is 0.523. The zero-order valence-corrected chi connectivity index (χ0v) is 18.4. The van der Waals surface area contributed by atoms with Crippen molar-refractivity contribution in [3.05, 3.63) is 88.9 Å². The van der Waals surface area contributed by atoms with E-state index in [0.29, 0.717) is 26.9 Å². The fourth-order valence-electron chi connectivity index (χ4n) is 2.81. The highest BCUT2D eigenvalue weighted by Crippen LogP contribution is 2.28. The summed E-state index contributed by atoms with van der Waals surface area (Å²) in [5.74, 6) is -0.737. The molecule has 2 unspecified atom stereocenters. The molecule has 0 aromatic heterocycles. The zero-order valence-electron chi connectivity index (χ0n) is 16.8. The third-order valence-corrected chi connectivity index (χ3v) is 5.64. The van der Waals surface area contributed by atoms with Crippen molar-refractivity contribution < 1.29 is 23.3 Å². The Bertz CT molecular complexity index is 1100. The molecule has 160 valence electrons. The predicted octanol–water partition coefficient (Wildman–Crippen LogP) is 4.62. The van der Waals surface area contributed by atoms with Crippen LogP contribution in [0.25, 0.3) is 0 Å². The standard InChI is InChI=1S/C23H20ClNO5S/c1-29-20-13-10-17(14-19(20)24)25-22(26)21(15-6-4-3-5-7-15)30-23(27)16-8-11-18(12-9-16)31(2)28/h3-14,21H,1-2H3,(H,25,26). The Balaban J connectivity index is 1.83. The summed E-state index contributed by atoms with van der Waals surface area (Å²) in [7, 11) is 0.334. The number of hydrogen-bond donors (Lipinski definition) is 1. The van der Waals surface area contributed by atoms with E-state index in [1.165, 1.54) is 19.2 Å². The van der Waals surface area contributed by atoms with Crippen molar-refractivity contribution in [1.29, 1.82) is 0 Å². The molecule has 0 radical (unpaired) electrons. The first-order valence-corrected chi connectivity index (χ1v) is 11.2. The molecule has 31 heavy (non-hydrogen) atoms. The van der Waals surface area contributed by atoms with Crippen LogP contribution in [0, 0.1) is 0 Å². The third-order valence-electron chi connectivity index (χ3n) is 4.41. The molecule has 0 aliphatic carbocycles. The molecule has 3 aromatic carbocycles. The summed E-state index contributed by atoms with van der Waals surface area (Å²) in [6.07, 6.45) is 0.365. The minimum atomic E-state index is -1.19. The Kier molecular flexibility index (Phi) is 7.44. The number of esters is 1. The Labute approximate surface area is 187 Å². The van der Waals surface area contributed by atoms with Crippen LogP contribution in [-0.4, -0.2) is 29.5 Å². The number of anilines is 1. The summed E-state index contributed by atoms with van der Waals surface area (Å²) in [6.45, 7) is 0. The van der Waals surface area contributed by atoms with Crippen LogP contribution in [0.1, 0.15) is 22.0 Å². The Morgan fingerprint density at radius 1 is 1.00 bits per heavy atom. The van der Waals surface area contributed by atoms with Crippen molar-refractivity contribution in [3.63, 3.8) is 0 Å². The number of benzene rings is 3. The molecule has 1 N–H and O–H groups in total. The number of halogens is 1. The lowest BCUT2D eigenvalue weighted by molar-refractivity contribution is -0.125. The van der Waals surface area contributed by atoms with Gasteiger partial charge in [-0.05, 0) is 42.5 Å². The van der Waals surface area contributed by atoms with Gasteiger partial charge in [0.05, 0.1) is 17.7 Å². The Hall–Kier alpha value is -3.16. The summed E-state index contributed by atoms with van der Waals surface area (Å²) < 4.78 is 22.2. The largest absolute Gasteiger partial charge is 0.495 e. The van der Waals surface area contributed by atoms with E-state index >= 15 is 0 Å². The zero-order chi connectivity index (χ0) is 22.4.